The van der Waals surface area contributed by atoms with E-state index < -0.39 is 0 Å². The molecule has 0 aliphatic heterocycles. The summed E-state index contributed by atoms with van der Waals surface area (Å²) in [5.41, 5.74) is 2.82. The highest BCUT2D eigenvalue weighted by molar-refractivity contribution is 5.43. The Hall–Kier alpha value is -2.41. The highest BCUT2D eigenvalue weighted by Gasteiger charge is 2.04. The van der Waals surface area contributed by atoms with Gasteiger partial charge in [-0.2, -0.15) is 5.26 Å². The van der Waals surface area contributed by atoms with Crippen molar-refractivity contribution in [2.24, 2.45) is 0 Å². The van der Waals surface area contributed by atoms with E-state index in [1.165, 1.54) is 0 Å². The summed E-state index contributed by atoms with van der Waals surface area (Å²) in [4.78, 5) is 4.13. The van der Waals surface area contributed by atoms with E-state index in [2.05, 4.69) is 16.4 Å². The van der Waals surface area contributed by atoms with E-state index in [0.717, 1.165) is 5.56 Å². The SMILES string of the molecule is Cc1cc(CNc2cc(C#N)ccn2)cc(C)c1F. The van der Waals surface area contributed by atoms with Crippen LogP contribution in [0.25, 0.3) is 0 Å². The lowest BCUT2D eigenvalue weighted by Crippen LogP contribution is -2.03. The number of aromatic nitrogens is 1. The van der Waals surface area contributed by atoms with Gasteiger partial charge in [0.05, 0.1) is 11.6 Å². The van der Waals surface area contributed by atoms with E-state index in [1.807, 2.05) is 12.1 Å². The van der Waals surface area contributed by atoms with Gasteiger partial charge >= 0.3 is 0 Å². The van der Waals surface area contributed by atoms with Gasteiger partial charge < -0.3 is 5.32 Å². The molecule has 0 saturated carbocycles. The van der Waals surface area contributed by atoms with E-state index in [9.17, 15) is 4.39 Å². The second-order valence-corrected chi connectivity index (χ2v) is 4.44. The summed E-state index contributed by atoms with van der Waals surface area (Å²) in [5, 5.41) is 11.9. The lowest BCUT2D eigenvalue weighted by molar-refractivity contribution is 0.608. The zero-order valence-corrected chi connectivity index (χ0v) is 10.9. The summed E-state index contributed by atoms with van der Waals surface area (Å²) < 4.78 is 13.5. The fraction of sp³-hybridized carbons (Fsp3) is 0.200. The first-order valence-corrected chi connectivity index (χ1v) is 5.96. The minimum Gasteiger partial charge on any atom is -0.366 e. The Balaban J connectivity index is 2.12. The number of aryl methyl sites for hydroxylation is 2. The van der Waals surface area contributed by atoms with Crippen molar-refractivity contribution in [2.45, 2.75) is 20.4 Å². The first kappa shape index (κ1) is 13.0. The van der Waals surface area contributed by atoms with Gasteiger partial charge in [-0.25, -0.2) is 9.37 Å². The number of nitriles is 1. The maximum absolute atomic E-state index is 13.5. The Bertz CT molecular complexity index is 621. The minimum absolute atomic E-state index is 0.159. The van der Waals surface area contributed by atoms with Crippen LogP contribution < -0.4 is 5.32 Å². The molecule has 0 aliphatic rings. The van der Waals surface area contributed by atoms with Crippen LogP contribution in [0.2, 0.25) is 0 Å². The van der Waals surface area contributed by atoms with Crippen molar-refractivity contribution in [1.29, 1.82) is 5.26 Å². The molecule has 0 spiro atoms. The molecule has 1 heterocycles. The monoisotopic (exact) mass is 255 g/mol. The third-order valence-corrected chi connectivity index (χ3v) is 2.86. The third-order valence-electron chi connectivity index (χ3n) is 2.86. The number of hydrogen-bond donors (Lipinski definition) is 1. The number of rotatable bonds is 3. The van der Waals surface area contributed by atoms with E-state index in [-0.39, 0.29) is 5.82 Å². The maximum Gasteiger partial charge on any atom is 0.129 e. The van der Waals surface area contributed by atoms with Crippen LogP contribution in [0.5, 0.6) is 0 Å². The molecule has 0 atom stereocenters. The molecular formula is C15H14FN3. The van der Waals surface area contributed by atoms with Crippen molar-refractivity contribution >= 4 is 5.82 Å². The van der Waals surface area contributed by atoms with Gasteiger partial charge in [0.15, 0.2) is 0 Å². The Kier molecular flexibility index (Phi) is 3.76. The van der Waals surface area contributed by atoms with Gasteiger partial charge in [0, 0.05) is 12.7 Å². The summed E-state index contributed by atoms with van der Waals surface area (Å²) in [5.74, 6) is 0.479. The van der Waals surface area contributed by atoms with Crippen LogP contribution in [0, 0.1) is 31.0 Å². The molecule has 0 radical (unpaired) electrons. The summed E-state index contributed by atoms with van der Waals surface area (Å²) in [7, 11) is 0. The molecule has 0 amide bonds. The lowest BCUT2D eigenvalue weighted by Gasteiger charge is -2.09. The minimum atomic E-state index is -0.159. The van der Waals surface area contributed by atoms with Crippen molar-refractivity contribution in [1.82, 2.24) is 4.98 Å². The molecule has 96 valence electrons. The van der Waals surface area contributed by atoms with Crippen LogP contribution in [0.15, 0.2) is 30.5 Å². The quantitative estimate of drug-likeness (QED) is 0.915. The topological polar surface area (TPSA) is 48.7 Å². The molecule has 1 N–H and O–H groups in total. The van der Waals surface area contributed by atoms with Gasteiger partial charge in [-0.3, -0.25) is 0 Å². The van der Waals surface area contributed by atoms with Crippen LogP contribution in [0.1, 0.15) is 22.3 Å². The van der Waals surface area contributed by atoms with Crippen molar-refractivity contribution < 1.29 is 4.39 Å². The van der Waals surface area contributed by atoms with Gasteiger partial charge in [-0.05, 0) is 42.7 Å². The molecule has 4 heteroatoms. The molecule has 1 aromatic carbocycles. The number of pyridine rings is 1. The van der Waals surface area contributed by atoms with Crippen molar-refractivity contribution in [3.63, 3.8) is 0 Å². The number of hydrogen-bond acceptors (Lipinski definition) is 3. The first-order chi connectivity index (χ1) is 9.10. The molecule has 0 aliphatic carbocycles. The second kappa shape index (κ2) is 5.49. The van der Waals surface area contributed by atoms with Crippen molar-refractivity contribution in [3.8, 4) is 6.07 Å². The predicted molar refractivity (Wildman–Crippen MR) is 72.2 cm³/mol. The van der Waals surface area contributed by atoms with Gasteiger partial charge in [-0.15, -0.1) is 0 Å². The van der Waals surface area contributed by atoms with E-state index in [4.69, 9.17) is 5.26 Å². The summed E-state index contributed by atoms with van der Waals surface area (Å²) >= 11 is 0. The Labute approximate surface area is 111 Å². The molecule has 2 aromatic rings. The molecule has 2 rings (SSSR count). The number of halogens is 1. The summed E-state index contributed by atoms with van der Waals surface area (Å²) in [6.07, 6.45) is 1.59. The van der Waals surface area contributed by atoms with Crippen LogP contribution in [-0.2, 0) is 6.54 Å². The summed E-state index contributed by atoms with van der Waals surface area (Å²) in [6.45, 7) is 4.05. The second-order valence-electron chi connectivity index (χ2n) is 4.44. The van der Waals surface area contributed by atoms with Crippen LogP contribution in [0.4, 0.5) is 10.2 Å². The van der Waals surface area contributed by atoms with Gasteiger partial charge in [0.25, 0.3) is 0 Å². The third kappa shape index (κ3) is 3.08. The van der Waals surface area contributed by atoms with E-state index >= 15 is 0 Å². The predicted octanol–water partition coefficient (Wildman–Crippen LogP) is 3.32. The molecular weight excluding hydrogens is 241 g/mol. The first-order valence-electron chi connectivity index (χ1n) is 5.96. The van der Waals surface area contributed by atoms with Gasteiger partial charge in [0.1, 0.15) is 11.6 Å². The number of nitrogens with one attached hydrogen (secondary N) is 1. The Morgan fingerprint density at radius 3 is 2.58 bits per heavy atom. The van der Waals surface area contributed by atoms with Crippen LogP contribution >= 0.6 is 0 Å². The molecule has 1 aromatic heterocycles. The molecule has 0 bridgehead atoms. The standard InChI is InChI=1S/C15H14FN3/c1-10-5-13(6-11(2)15(10)16)9-19-14-7-12(8-17)3-4-18-14/h3-7H,9H2,1-2H3,(H,18,19). The fourth-order valence-corrected chi connectivity index (χ4v) is 1.93. The van der Waals surface area contributed by atoms with Crippen LogP contribution in [-0.4, -0.2) is 4.98 Å². The average Bonchev–Trinajstić information content (AvgIpc) is 2.42. The van der Waals surface area contributed by atoms with Crippen molar-refractivity contribution in [2.75, 3.05) is 5.32 Å². The van der Waals surface area contributed by atoms with Crippen LogP contribution in [0.3, 0.4) is 0 Å². The van der Waals surface area contributed by atoms with Crippen molar-refractivity contribution in [3.05, 3.63) is 58.5 Å². The Morgan fingerprint density at radius 1 is 1.26 bits per heavy atom. The molecule has 0 saturated heterocycles. The number of nitrogens with zero attached hydrogens (tertiary/aromatic N) is 2. The summed E-state index contributed by atoms with van der Waals surface area (Å²) in [6, 6.07) is 9.01. The normalized spacial score (nSPS) is 10.0. The van der Waals surface area contributed by atoms with E-state index in [1.54, 1.807) is 32.2 Å². The molecule has 3 nitrogen and oxygen atoms in total. The largest absolute Gasteiger partial charge is 0.366 e. The smallest absolute Gasteiger partial charge is 0.129 e. The zero-order chi connectivity index (χ0) is 13.8. The van der Waals surface area contributed by atoms with E-state index in [0.29, 0.717) is 29.1 Å². The number of anilines is 1. The molecule has 19 heavy (non-hydrogen) atoms. The zero-order valence-electron chi connectivity index (χ0n) is 10.9. The Morgan fingerprint density at radius 2 is 1.95 bits per heavy atom. The molecule has 0 fully saturated rings. The molecule has 0 unspecified atom stereocenters. The highest BCUT2D eigenvalue weighted by atomic mass is 19.1. The average molecular weight is 255 g/mol. The van der Waals surface area contributed by atoms with Gasteiger partial charge in [-0.1, -0.05) is 12.1 Å². The highest BCUT2D eigenvalue weighted by Crippen LogP contribution is 2.16. The maximum atomic E-state index is 13.5. The number of benzene rings is 1. The fourth-order valence-electron chi connectivity index (χ4n) is 1.93. The van der Waals surface area contributed by atoms with Gasteiger partial charge in [0.2, 0.25) is 0 Å². The lowest BCUT2D eigenvalue weighted by atomic mass is 10.1.